The highest BCUT2D eigenvalue weighted by Gasteiger charge is 2.35. The molecular weight excluding hydrogens is 542 g/mol. The minimum atomic E-state index is -3.69. The van der Waals surface area contributed by atoms with Gasteiger partial charge in [-0.3, -0.25) is 14.4 Å². The van der Waals surface area contributed by atoms with Gasteiger partial charge >= 0.3 is 0 Å². The van der Waals surface area contributed by atoms with Crippen LogP contribution in [0.25, 0.3) is 0 Å². The fourth-order valence-electron chi connectivity index (χ4n) is 4.90. The molecule has 0 unspecified atom stereocenters. The number of amides is 3. The topological polar surface area (TPSA) is 128 Å². The van der Waals surface area contributed by atoms with Crippen LogP contribution in [0.2, 0.25) is 0 Å². The van der Waals surface area contributed by atoms with E-state index in [2.05, 4.69) is 15.0 Å². The van der Waals surface area contributed by atoms with Gasteiger partial charge in [0, 0.05) is 25.7 Å². The summed E-state index contributed by atoms with van der Waals surface area (Å²) in [5.41, 5.74) is 1.97. The lowest BCUT2D eigenvalue weighted by molar-refractivity contribution is -0.135. The van der Waals surface area contributed by atoms with Crippen molar-refractivity contribution in [1.29, 1.82) is 0 Å². The van der Waals surface area contributed by atoms with Crippen LogP contribution in [0.3, 0.4) is 0 Å². The van der Waals surface area contributed by atoms with Gasteiger partial charge in [0.25, 0.3) is 11.8 Å². The third kappa shape index (κ3) is 9.87. The lowest BCUT2D eigenvalue weighted by atomic mass is 10.0. The molecule has 1 aliphatic heterocycles. The van der Waals surface area contributed by atoms with E-state index in [1.807, 2.05) is 60.7 Å². The average molecular weight is 584 g/mol. The molecule has 41 heavy (non-hydrogen) atoms. The molecule has 10 nitrogen and oxygen atoms in total. The van der Waals surface area contributed by atoms with Crippen molar-refractivity contribution in [1.82, 2.24) is 19.8 Å². The Kier molecular flexibility index (Phi) is 11.7. The number of carbonyl (C=O) groups excluding carboxylic acids is 3. The number of benzene rings is 2. The van der Waals surface area contributed by atoms with Gasteiger partial charge < -0.3 is 15.1 Å². The number of nitrogens with one attached hydrogen (secondary N) is 2. The van der Waals surface area contributed by atoms with E-state index >= 15 is 0 Å². The van der Waals surface area contributed by atoms with Crippen LogP contribution in [0.4, 0.5) is 0 Å². The van der Waals surface area contributed by atoms with Crippen molar-refractivity contribution in [2.45, 2.75) is 57.7 Å². The van der Waals surface area contributed by atoms with E-state index in [0.717, 1.165) is 23.8 Å². The number of rotatable bonds is 13. The first-order valence-electron chi connectivity index (χ1n) is 13.9. The molecule has 3 rings (SSSR count). The van der Waals surface area contributed by atoms with Crippen LogP contribution >= 0.6 is 0 Å². The second-order valence-electron chi connectivity index (χ2n) is 10.5. The van der Waals surface area contributed by atoms with Crippen LogP contribution in [-0.4, -0.2) is 92.7 Å². The van der Waals surface area contributed by atoms with E-state index in [4.69, 9.17) is 0 Å². The summed E-state index contributed by atoms with van der Waals surface area (Å²) in [4.78, 5) is 47.0. The van der Waals surface area contributed by atoms with Crippen molar-refractivity contribution in [3.63, 3.8) is 0 Å². The number of hydrogen-bond acceptors (Lipinski definition) is 6. The predicted octanol–water partition coefficient (Wildman–Crippen LogP) is 1.80. The molecule has 3 amide bonds. The first-order chi connectivity index (χ1) is 19.5. The minimum Gasteiger partial charge on any atom is -0.339 e. The second-order valence-corrected chi connectivity index (χ2v) is 12.3. The number of likely N-dealkylation sites (N-methyl/N-ethyl adjacent to an activating group) is 1. The molecule has 0 aromatic heterocycles. The molecular formula is C30H41N5O5S. The van der Waals surface area contributed by atoms with Gasteiger partial charge in [-0.1, -0.05) is 60.7 Å². The quantitative estimate of drug-likeness (QED) is 0.346. The summed E-state index contributed by atoms with van der Waals surface area (Å²) in [7, 11) is -2.04. The maximum Gasteiger partial charge on any atom is 0.268 e. The van der Waals surface area contributed by atoms with E-state index in [9.17, 15) is 22.8 Å². The zero-order valence-corrected chi connectivity index (χ0v) is 25.1. The lowest BCUT2D eigenvalue weighted by Gasteiger charge is -2.33. The molecule has 11 heteroatoms. The predicted molar refractivity (Wildman–Crippen MR) is 160 cm³/mol. The van der Waals surface area contributed by atoms with Crippen molar-refractivity contribution in [3.8, 4) is 0 Å². The molecule has 1 fully saturated rings. The maximum atomic E-state index is 14.0. The highest BCUT2D eigenvalue weighted by atomic mass is 32.2. The summed E-state index contributed by atoms with van der Waals surface area (Å²) in [6.45, 7) is 4.28. The standard InChI is InChI=1S/C30H41N5O5S/c1-22(31-3)28(36)32-23(2)29(37)35-18-11-16-26(35)21-34(19-17-24-12-7-5-8-13-24)30(38)27(33-41(4,39)40)20-25-14-9-6-10-15-25/h5-10,12-15,22,26-27,31,33H,11,16-21H2,1-4H3/t22-,26-,27+/m0/s1. The summed E-state index contributed by atoms with van der Waals surface area (Å²) >= 11 is 0. The van der Waals surface area contributed by atoms with Gasteiger partial charge in [0.2, 0.25) is 15.9 Å². The normalized spacial score (nSPS) is 17.2. The molecule has 0 radical (unpaired) electrons. The van der Waals surface area contributed by atoms with Gasteiger partial charge in [0.05, 0.1) is 12.3 Å². The molecule has 2 N–H and O–H groups in total. The third-order valence-corrected chi connectivity index (χ3v) is 7.93. The Labute approximate surface area is 243 Å². The Morgan fingerprint density at radius 1 is 1.05 bits per heavy atom. The molecule has 1 saturated heterocycles. The van der Waals surface area contributed by atoms with Gasteiger partial charge in [0.1, 0.15) is 11.8 Å². The van der Waals surface area contributed by atoms with E-state index in [-0.39, 0.29) is 36.5 Å². The number of hydrogen-bond donors (Lipinski definition) is 2. The van der Waals surface area contributed by atoms with Crippen LogP contribution in [0.15, 0.2) is 65.7 Å². The third-order valence-electron chi connectivity index (χ3n) is 7.22. The second kappa shape index (κ2) is 15.0. The van der Waals surface area contributed by atoms with Crippen LogP contribution in [0.1, 0.15) is 37.8 Å². The van der Waals surface area contributed by atoms with Crippen molar-refractivity contribution in [3.05, 3.63) is 71.8 Å². The SMILES string of the molecule is CN[C@@H](C)C(=O)N=C(C)C(=O)N1CCC[C@H]1CN(CCc1ccccc1)C(=O)[C@@H](Cc1ccccc1)NS(C)(=O)=O. The maximum absolute atomic E-state index is 14.0. The first kappa shape index (κ1) is 32.1. The van der Waals surface area contributed by atoms with E-state index in [1.165, 1.54) is 6.92 Å². The van der Waals surface area contributed by atoms with Crippen molar-refractivity contribution < 1.29 is 22.8 Å². The fraction of sp³-hybridized carbons (Fsp3) is 0.467. The fourth-order valence-corrected chi connectivity index (χ4v) is 5.60. The molecule has 222 valence electrons. The number of likely N-dealkylation sites (tertiary alicyclic amines) is 1. The van der Waals surface area contributed by atoms with Gasteiger partial charge in [-0.25, -0.2) is 18.1 Å². The first-order valence-corrected chi connectivity index (χ1v) is 15.8. The molecule has 2 aromatic rings. The molecule has 3 atom stereocenters. The largest absolute Gasteiger partial charge is 0.339 e. The summed E-state index contributed by atoms with van der Waals surface area (Å²) in [6.07, 6.45) is 3.24. The Morgan fingerprint density at radius 3 is 2.24 bits per heavy atom. The van der Waals surface area contributed by atoms with Gasteiger partial charge in [-0.2, -0.15) is 0 Å². The zero-order chi connectivity index (χ0) is 30.0. The minimum absolute atomic E-state index is 0.104. The summed E-state index contributed by atoms with van der Waals surface area (Å²) in [6, 6.07) is 17.2. The Hall–Kier alpha value is -3.41. The summed E-state index contributed by atoms with van der Waals surface area (Å²) in [5, 5.41) is 2.82. The van der Waals surface area contributed by atoms with Crippen LogP contribution in [0.5, 0.6) is 0 Å². The van der Waals surface area contributed by atoms with Crippen LogP contribution in [-0.2, 0) is 37.2 Å². The lowest BCUT2D eigenvalue weighted by Crippen LogP contribution is -2.53. The molecule has 0 saturated carbocycles. The van der Waals surface area contributed by atoms with Gasteiger partial charge in [-0.15, -0.1) is 0 Å². The van der Waals surface area contributed by atoms with Crippen molar-refractivity contribution in [2.24, 2.45) is 4.99 Å². The smallest absolute Gasteiger partial charge is 0.268 e. The van der Waals surface area contributed by atoms with Crippen LogP contribution in [0, 0.1) is 0 Å². The van der Waals surface area contributed by atoms with E-state index in [0.29, 0.717) is 25.9 Å². The molecule has 0 aliphatic carbocycles. The summed E-state index contributed by atoms with van der Waals surface area (Å²) in [5.74, 6) is -1.11. The monoisotopic (exact) mass is 583 g/mol. The zero-order valence-electron chi connectivity index (χ0n) is 24.2. The van der Waals surface area contributed by atoms with Crippen molar-refractivity contribution in [2.75, 3.05) is 32.9 Å². The van der Waals surface area contributed by atoms with E-state index < -0.39 is 28.0 Å². The Balaban J connectivity index is 1.86. The van der Waals surface area contributed by atoms with Gasteiger partial charge in [0.15, 0.2) is 0 Å². The van der Waals surface area contributed by atoms with E-state index in [1.54, 1.807) is 23.8 Å². The Morgan fingerprint density at radius 2 is 1.66 bits per heavy atom. The highest BCUT2D eigenvalue weighted by molar-refractivity contribution is 7.88. The number of carbonyl (C=O) groups is 3. The number of sulfonamides is 1. The number of aliphatic imine (C=N–C) groups is 1. The summed E-state index contributed by atoms with van der Waals surface area (Å²) < 4.78 is 27.1. The molecule has 1 heterocycles. The molecule has 0 bridgehead atoms. The molecule has 0 spiro atoms. The highest BCUT2D eigenvalue weighted by Crippen LogP contribution is 2.20. The Bertz CT molecular complexity index is 1320. The van der Waals surface area contributed by atoms with Crippen molar-refractivity contribution >= 4 is 33.5 Å². The van der Waals surface area contributed by atoms with Crippen LogP contribution < -0.4 is 10.0 Å². The molecule has 1 aliphatic rings. The molecule has 2 aromatic carbocycles. The van der Waals surface area contributed by atoms with Gasteiger partial charge in [-0.05, 0) is 57.7 Å². The number of nitrogens with zero attached hydrogens (tertiary/aromatic N) is 3. The average Bonchev–Trinajstić information content (AvgIpc) is 3.42.